The van der Waals surface area contributed by atoms with Gasteiger partial charge in [0.05, 0.1) is 11.6 Å². The molecular weight excluding hydrogens is 258 g/mol. The Morgan fingerprint density at radius 2 is 1.90 bits per heavy atom. The van der Waals surface area contributed by atoms with Gasteiger partial charge < -0.3 is 10.2 Å². The normalized spacial score (nSPS) is 13.9. The smallest absolute Gasteiger partial charge is 0.0705 e. The highest BCUT2D eigenvalue weighted by molar-refractivity contribution is 5.79. The van der Waals surface area contributed by atoms with Crippen LogP contribution in [0.25, 0.3) is 10.9 Å². The standard InChI is InChI=1S/C18H27N3/c1-7-19-17(18(3,4)21(5)6)15-10-11-16-14(12-15)9-8-13(2)20-16/h8-12,17,19H,7H2,1-6H3. The van der Waals surface area contributed by atoms with Gasteiger partial charge in [-0.1, -0.05) is 19.1 Å². The van der Waals surface area contributed by atoms with E-state index in [4.69, 9.17) is 0 Å². The second-order valence-electron chi connectivity index (χ2n) is 6.44. The summed E-state index contributed by atoms with van der Waals surface area (Å²) < 4.78 is 0. The Kier molecular flexibility index (Phi) is 4.64. The molecule has 1 aromatic carbocycles. The molecule has 0 radical (unpaired) electrons. The van der Waals surface area contributed by atoms with Crippen LogP contribution >= 0.6 is 0 Å². The van der Waals surface area contributed by atoms with E-state index in [1.54, 1.807) is 0 Å². The first kappa shape index (κ1) is 15.9. The van der Waals surface area contributed by atoms with Crippen molar-refractivity contribution in [3.8, 4) is 0 Å². The maximum absolute atomic E-state index is 4.59. The van der Waals surface area contributed by atoms with Crippen LogP contribution < -0.4 is 5.32 Å². The molecule has 21 heavy (non-hydrogen) atoms. The number of nitrogens with one attached hydrogen (secondary N) is 1. The minimum absolute atomic E-state index is 0.0296. The monoisotopic (exact) mass is 285 g/mol. The van der Waals surface area contributed by atoms with Crippen molar-refractivity contribution in [3.63, 3.8) is 0 Å². The first-order valence-electron chi connectivity index (χ1n) is 7.64. The molecule has 0 bridgehead atoms. The number of pyridine rings is 1. The van der Waals surface area contributed by atoms with Crippen LogP contribution in [0.5, 0.6) is 0 Å². The van der Waals surface area contributed by atoms with Gasteiger partial charge in [-0.15, -0.1) is 0 Å². The second kappa shape index (κ2) is 6.12. The van der Waals surface area contributed by atoms with Gasteiger partial charge in [-0.2, -0.15) is 0 Å². The van der Waals surface area contributed by atoms with Gasteiger partial charge in [-0.3, -0.25) is 4.98 Å². The molecule has 0 spiro atoms. The SMILES string of the molecule is CCNC(c1ccc2nc(C)ccc2c1)C(C)(C)N(C)C. The molecular formula is C18H27N3. The first-order valence-corrected chi connectivity index (χ1v) is 7.64. The van der Waals surface area contributed by atoms with Crippen LogP contribution in [0.3, 0.4) is 0 Å². The van der Waals surface area contributed by atoms with E-state index in [1.807, 2.05) is 6.92 Å². The summed E-state index contributed by atoms with van der Waals surface area (Å²) in [6, 6.07) is 11.1. The molecule has 1 aromatic heterocycles. The number of rotatable bonds is 5. The first-order chi connectivity index (χ1) is 9.86. The quantitative estimate of drug-likeness (QED) is 0.911. The van der Waals surface area contributed by atoms with Crippen molar-refractivity contribution in [2.75, 3.05) is 20.6 Å². The van der Waals surface area contributed by atoms with E-state index >= 15 is 0 Å². The van der Waals surface area contributed by atoms with Crippen LogP contribution in [0.2, 0.25) is 0 Å². The molecule has 114 valence electrons. The molecule has 3 heteroatoms. The minimum Gasteiger partial charge on any atom is -0.309 e. The van der Waals surface area contributed by atoms with Crippen LogP contribution in [-0.4, -0.2) is 36.1 Å². The maximum Gasteiger partial charge on any atom is 0.0705 e. The Labute approximate surface area is 128 Å². The molecule has 1 heterocycles. The number of benzene rings is 1. The lowest BCUT2D eigenvalue weighted by Gasteiger charge is -2.41. The van der Waals surface area contributed by atoms with Crippen molar-refractivity contribution >= 4 is 10.9 Å². The van der Waals surface area contributed by atoms with E-state index in [-0.39, 0.29) is 11.6 Å². The fourth-order valence-electron chi connectivity index (χ4n) is 2.66. The topological polar surface area (TPSA) is 28.2 Å². The predicted molar refractivity (Wildman–Crippen MR) is 90.7 cm³/mol. The van der Waals surface area contributed by atoms with Gasteiger partial charge in [-0.05, 0) is 65.2 Å². The molecule has 0 saturated carbocycles. The molecule has 0 fully saturated rings. The van der Waals surface area contributed by atoms with Crippen molar-refractivity contribution in [2.45, 2.75) is 39.3 Å². The van der Waals surface area contributed by atoms with E-state index < -0.39 is 0 Å². The molecule has 1 N–H and O–H groups in total. The molecule has 2 rings (SSSR count). The number of hydrogen-bond donors (Lipinski definition) is 1. The molecule has 2 aromatic rings. The van der Waals surface area contributed by atoms with Crippen LogP contribution in [-0.2, 0) is 0 Å². The third kappa shape index (κ3) is 3.25. The lowest BCUT2D eigenvalue weighted by atomic mass is 9.87. The molecule has 1 unspecified atom stereocenters. The Morgan fingerprint density at radius 3 is 2.52 bits per heavy atom. The average molecular weight is 285 g/mol. The Balaban J connectivity index is 2.47. The van der Waals surface area contributed by atoms with E-state index in [1.165, 1.54) is 10.9 Å². The van der Waals surface area contributed by atoms with Crippen LogP contribution in [0.4, 0.5) is 0 Å². The highest BCUT2D eigenvalue weighted by Gasteiger charge is 2.32. The summed E-state index contributed by atoms with van der Waals surface area (Å²) in [7, 11) is 4.27. The number of hydrogen-bond acceptors (Lipinski definition) is 3. The van der Waals surface area contributed by atoms with E-state index in [2.05, 4.69) is 80.4 Å². The van der Waals surface area contributed by atoms with Crippen molar-refractivity contribution in [2.24, 2.45) is 0 Å². The number of nitrogens with zero attached hydrogens (tertiary/aromatic N) is 2. The third-order valence-corrected chi connectivity index (χ3v) is 4.45. The molecule has 1 atom stereocenters. The zero-order chi connectivity index (χ0) is 15.6. The van der Waals surface area contributed by atoms with E-state index in [0.29, 0.717) is 0 Å². The largest absolute Gasteiger partial charge is 0.309 e. The summed E-state index contributed by atoms with van der Waals surface area (Å²) in [6.07, 6.45) is 0. The van der Waals surface area contributed by atoms with Crippen LogP contribution in [0, 0.1) is 6.92 Å². The maximum atomic E-state index is 4.59. The average Bonchev–Trinajstić information content (AvgIpc) is 2.44. The number of aryl methyl sites for hydroxylation is 1. The van der Waals surface area contributed by atoms with Gasteiger partial charge in [0.2, 0.25) is 0 Å². The summed E-state index contributed by atoms with van der Waals surface area (Å²) in [5.41, 5.74) is 3.47. The number of aromatic nitrogens is 1. The molecule has 0 saturated heterocycles. The summed E-state index contributed by atoms with van der Waals surface area (Å²) in [5, 5.41) is 4.84. The number of likely N-dealkylation sites (N-methyl/N-ethyl adjacent to an activating group) is 2. The zero-order valence-corrected chi connectivity index (χ0v) is 14.1. The second-order valence-corrected chi connectivity index (χ2v) is 6.44. The van der Waals surface area contributed by atoms with Crippen molar-refractivity contribution < 1.29 is 0 Å². The van der Waals surface area contributed by atoms with E-state index in [9.17, 15) is 0 Å². The third-order valence-electron chi connectivity index (χ3n) is 4.45. The summed E-state index contributed by atoms with van der Waals surface area (Å²) in [5.74, 6) is 0. The highest BCUT2D eigenvalue weighted by atomic mass is 15.2. The predicted octanol–water partition coefficient (Wildman–Crippen LogP) is 3.53. The molecule has 0 aliphatic heterocycles. The summed E-state index contributed by atoms with van der Waals surface area (Å²) >= 11 is 0. The van der Waals surface area contributed by atoms with Gasteiger partial charge in [0.25, 0.3) is 0 Å². The van der Waals surface area contributed by atoms with Crippen molar-refractivity contribution in [1.82, 2.24) is 15.2 Å². The van der Waals surface area contributed by atoms with Gasteiger partial charge in [0.1, 0.15) is 0 Å². The Hall–Kier alpha value is -1.45. The van der Waals surface area contributed by atoms with Gasteiger partial charge in [-0.25, -0.2) is 0 Å². The fraction of sp³-hybridized carbons (Fsp3) is 0.500. The van der Waals surface area contributed by atoms with Crippen LogP contribution in [0.1, 0.15) is 38.1 Å². The molecule has 3 nitrogen and oxygen atoms in total. The molecule has 0 aliphatic rings. The van der Waals surface area contributed by atoms with Crippen molar-refractivity contribution in [1.29, 1.82) is 0 Å². The number of fused-ring (bicyclic) bond motifs is 1. The van der Waals surface area contributed by atoms with Crippen molar-refractivity contribution in [3.05, 3.63) is 41.6 Å². The molecule has 0 aliphatic carbocycles. The summed E-state index contributed by atoms with van der Waals surface area (Å²) in [4.78, 5) is 6.86. The zero-order valence-electron chi connectivity index (χ0n) is 14.1. The Morgan fingerprint density at radius 1 is 1.19 bits per heavy atom. The lowest BCUT2D eigenvalue weighted by Crippen LogP contribution is -2.49. The molecule has 0 amide bonds. The minimum atomic E-state index is 0.0296. The highest BCUT2D eigenvalue weighted by Crippen LogP contribution is 2.31. The van der Waals surface area contributed by atoms with Gasteiger partial charge in [0, 0.05) is 16.6 Å². The van der Waals surface area contributed by atoms with E-state index in [0.717, 1.165) is 17.8 Å². The Bertz CT molecular complexity index is 617. The lowest BCUT2D eigenvalue weighted by molar-refractivity contribution is 0.139. The van der Waals surface area contributed by atoms with Gasteiger partial charge in [0.15, 0.2) is 0 Å². The van der Waals surface area contributed by atoms with Gasteiger partial charge >= 0.3 is 0 Å². The van der Waals surface area contributed by atoms with Crippen LogP contribution in [0.15, 0.2) is 30.3 Å². The fourth-order valence-corrected chi connectivity index (χ4v) is 2.66. The summed E-state index contributed by atoms with van der Waals surface area (Å²) in [6.45, 7) is 9.69.